The van der Waals surface area contributed by atoms with E-state index in [-0.39, 0.29) is 5.91 Å². The molecule has 1 N–H and O–H groups in total. The Labute approximate surface area is 177 Å². The minimum Gasteiger partial charge on any atom is -0.365 e. The fourth-order valence-corrected chi connectivity index (χ4v) is 4.51. The molecule has 0 atom stereocenters. The first kappa shape index (κ1) is 19.6. The lowest BCUT2D eigenvalue weighted by Crippen LogP contribution is -2.29. The van der Waals surface area contributed by atoms with E-state index < -0.39 is 0 Å². The average molecular weight is 403 g/mol. The molecule has 0 saturated carbocycles. The third kappa shape index (κ3) is 4.83. The molecule has 0 bridgehead atoms. The Kier molecular flexibility index (Phi) is 5.91. The molecule has 0 aliphatic carbocycles. The summed E-state index contributed by atoms with van der Waals surface area (Å²) in [5.74, 6) is 1.04. The van der Waals surface area contributed by atoms with E-state index in [9.17, 15) is 4.79 Å². The predicted octanol–water partition coefficient (Wildman–Crippen LogP) is 5.35. The maximum Gasteiger partial charge on any atom is 0.251 e. The first-order valence-corrected chi connectivity index (χ1v) is 11.0. The van der Waals surface area contributed by atoms with Crippen LogP contribution in [0.25, 0.3) is 0 Å². The molecule has 0 aromatic heterocycles. The van der Waals surface area contributed by atoms with Crippen LogP contribution in [-0.2, 0) is 13.1 Å². The summed E-state index contributed by atoms with van der Waals surface area (Å²) in [4.78, 5) is 16.4. The Morgan fingerprint density at radius 2 is 1.59 bits per heavy atom. The lowest BCUT2D eigenvalue weighted by molar-refractivity contribution is 0.0951. The summed E-state index contributed by atoms with van der Waals surface area (Å²) >= 11 is 1.86. The van der Waals surface area contributed by atoms with Crippen LogP contribution in [0.15, 0.2) is 71.6 Å². The van der Waals surface area contributed by atoms with Gasteiger partial charge in [-0.15, -0.1) is 11.8 Å². The molecule has 0 unspecified atom stereocenters. The van der Waals surface area contributed by atoms with E-state index in [2.05, 4.69) is 78.7 Å². The zero-order valence-corrected chi connectivity index (χ0v) is 17.8. The van der Waals surface area contributed by atoms with Gasteiger partial charge in [-0.1, -0.05) is 59.7 Å². The Hall–Kier alpha value is -2.72. The molecule has 4 rings (SSSR count). The van der Waals surface area contributed by atoms with Gasteiger partial charge in [0.25, 0.3) is 5.91 Å². The second kappa shape index (κ2) is 8.75. The van der Waals surface area contributed by atoms with Crippen LogP contribution in [0, 0.1) is 13.8 Å². The zero-order chi connectivity index (χ0) is 20.2. The Morgan fingerprint density at radius 3 is 2.28 bits per heavy atom. The summed E-state index contributed by atoms with van der Waals surface area (Å²) in [6.45, 7) is 6.56. The van der Waals surface area contributed by atoms with Crippen molar-refractivity contribution in [3.05, 3.63) is 94.5 Å². The Balaban J connectivity index is 1.49. The van der Waals surface area contributed by atoms with E-state index in [1.807, 2.05) is 23.9 Å². The number of thioether (sulfide) groups is 1. The fourth-order valence-electron chi connectivity index (χ4n) is 3.48. The number of aryl methyl sites for hydroxylation is 2. The molecule has 148 valence electrons. The molecule has 1 amide bonds. The van der Waals surface area contributed by atoms with Crippen molar-refractivity contribution in [2.24, 2.45) is 0 Å². The zero-order valence-electron chi connectivity index (χ0n) is 16.9. The third-order valence-corrected chi connectivity index (χ3v) is 6.29. The SMILES string of the molecule is Cc1ccc(CNC(=O)c2ccc3c(c2)N(Cc2ccc(C)cc2)CCS3)cc1. The number of anilines is 1. The number of amides is 1. The van der Waals surface area contributed by atoms with E-state index in [1.165, 1.54) is 21.6 Å². The molecule has 3 nitrogen and oxygen atoms in total. The number of rotatable bonds is 5. The third-order valence-electron chi connectivity index (χ3n) is 5.25. The van der Waals surface area contributed by atoms with Gasteiger partial charge >= 0.3 is 0 Å². The normalized spacial score (nSPS) is 13.1. The lowest BCUT2D eigenvalue weighted by Gasteiger charge is -2.31. The highest BCUT2D eigenvalue weighted by Gasteiger charge is 2.19. The quantitative estimate of drug-likeness (QED) is 0.625. The molecule has 0 fully saturated rings. The van der Waals surface area contributed by atoms with Gasteiger partial charge in [0.15, 0.2) is 0 Å². The summed E-state index contributed by atoms with van der Waals surface area (Å²) in [6, 6.07) is 23.0. The molecule has 0 radical (unpaired) electrons. The molecule has 29 heavy (non-hydrogen) atoms. The number of nitrogens with one attached hydrogen (secondary N) is 1. The van der Waals surface area contributed by atoms with Crippen LogP contribution in [0.5, 0.6) is 0 Å². The number of carbonyl (C=O) groups is 1. The molecule has 3 aromatic rings. The minimum atomic E-state index is -0.0285. The summed E-state index contributed by atoms with van der Waals surface area (Å²) in [7, 11) is 0. The van der Waals surface area contributed by atoms with Gasteiger partial charge in [-0.05, 0) is 43.2 Å². The Morgan fingerprint density at radius 1 is 0.931 bits per heavy atom. The topological polar surface area (TPSA) is 32.3 Å². The highest BCUT2D eigenvalue weighted by Crippen LogP contribution is 2.36. The molecular formula is C25H26N2OS. The molecular weight excluding hydrogens is 376 g/mol. The second-order valence-electron chi connectivity index (χ2n) is 7.61. The van der Waals surface area contributed by atoms with Crippen molar-refractivity contribution < 1.29 is 4.79 Å². The monoisotopic (exact) mass is 402 g/mol. The molecule has 0 spiro atoms. The molecule has 1 aliphatic rings. The van der Waals surface area contributed by atoms with Crippen molar-refractivity contribution in [2.75, 3.05) is 17.2 Å². The van der Waals surface area contributed by atoms with Crippen LogP contribution in [0.2, 0.25) is 0 Å². The van der Waals surface area contributed by atoms with Crippen molar-refractivity contribution in [3.8, 4) is 0 Å². The summed E-state index contributed by atoms with van der Waals surface area (Å²) in [6.07, 6.45) is 0. The van der Waals surface area contributed by atoms with Crippen LogP contribution in [-0.4, -0.2) is 18.2 Å². The van der Waals surface area contributed by atoms with Crippen LogP contribution in [0.3, 0.4) is 0 Å². The van der Waals surface area contributed by atoms with Crippen molar-refractivity contribution in [1.29, 1.82) is 0 Å². The summed E-state index contributed by atoms with van der Waals surface area (Å²) in [5.41, 5.74) is 6.77. The van der Waals surface area contributed by atoms with Crippen LogP contribution in [0.1, 0.15) is 32.6 Å². The van der Waals surface area contributed by atoms with Gasteiger partial charge in [0, 0.05) is 35.8 Å². The number of benzene rings is 3. The van der Waals surface area contributed by atoms with Gasteiger partial charge in [0.2, 0.25) is 0 Å². The maximum absolute atomic E-state index is 12.7. The maximum atomic E-state index is 12.7. The first-order chi connectivity index (χ1) is 14.1. The molecule has 3 aromatic carbocycles. The van der Waals surface area contributed by atoms with E-state index in [0.29, 0.717) is 12.1 Å². The van der Waals surface area contributed by atoms with Gasteiger partial charge in [0.05, 0.1) is 5.69 Å². The van der Waals surface area contributed by atoms with E-state index in [1.54, 1.807) is 0 Å². The number of nitrogens with zero attached hydrogens (tertiary/aromatic N) is 1. The van der Waals surface area contributed by atoms with E-state index in [0.717, 1.165) is 30.1 Å². The van der Waals surface area contributed by atoms with E-state index in [4.69, 9.17) is 0 Å². The van der Waals surface area contributed by atoms with Crippen molar-refractivity contribution in [2.45, 2.75) is 31.8 Å². The van der Waals surface area contributed by atoms with Gasteiger partial charge in [-0.25, -0.2) is 0 Å². The van der Waals surface area contributed by atoms with Crippen molar-refractivity contribution in [1.82, 2.24) is 5.32 Å². The highest BCUT2D eigenvalue weighted by molar-refractivity contribution is 7.99. The smallest absolute Gasteiger partial charge is 0.251 e. The first-order valence-electron chi connectivity index (χ1n) is 9.99. The number of hydrogen-bond donors (Lipinski definition) is 1. The van der Waals surface area contributed by atoms with Crippen molar-refractivity contribution in [3.63, 3.8) is 0 Å². The molecule has 1 aliphatic heterocycles. The van der Waals surface area contributed by atoms with Crippen molar-refractivity contribution >= 4 is 23.4 Å². The molecule has 0 saturated heterocycles. The second-order valence-corrected chi connectivity index (χ2v) is 8.74. The number of carbonyl (C=O) groups excluding carboxylic acids is 1. The van der Waals surface area contributed by atoms with Crippen LogP contribution in [0.4, 0.5) is 5.69 Å². The Bertz CT molecular complexity index is 996. The van der Waals surface area contributed by atoms with E-state index >= 15 is 0 Å². The standard InChI is InChI=1S/C25H26N2OS/c1-18-3-7-20(8-4-18)16-26-25(28)22-11-12-24-23(15-22)27(13-14-29-24)17-21-9-5-19(2)6-10-21/h3-12,15H,13-14,16-17H2,1-2H3,(H,26,28). The molecule has 1 heterocycles. The van der Waals surface area contributed by atoms with Gasteiger partial charge in [0.1, 0.15) is 0 Å². The van der Waals surface area contributed by atoms with Crippen LogP contribution >= 0.6 is 11.8 Å². The summed E-state index contributed by atoms with van der Waals surface area (Å²) in [5, 5.41) is 3.05. The van der Waals surface area contributed by atoms with Gasteiger partial charge < -0.3 is 10.2 Å². The lowest BCUT2D eigenvalue weighted by atomic mass is 10.1. The highest BCUT2D eigenvalue weighted by atomic mass is 32.2. The fraction of sp³-hybridized carbons (Fsp3) is 0.240. The van der Waals surface area contributed by atoms with Gasteiger partial charge in [-0.3, -0.25) is 4.79 Å². The predicted molar refractivity (Wildman–Crippen MR) is 122 cm³/mol. The number of fused-ring (bicyclic) bond motifs is 1. The van der Waals surface area contributed by atoms with Gasteiger partial charge in [-0.2, -0.15) is 0 Å². The average Bonchev–Trinajstić information content (AvgIpc) is 2.74. The summed E-state index contributed by atoms with van der Waals surface area (Å²) < 4.78 is 0. The largest absolute Gasteiger partial charge is 0.365 e. The molecule has 4 heteroatoms. The minimum absolute atomic E-state index is 0.0285. The van der Waals surface area contributed by atoms with Crippen LogP contribution < -0.4 is 10.2 Å². The number of hydrogen-bond acceptors (Lipinski definition) is 3.